The SMILES string of the molecule is CC(C)(C)OC(=O)n1cccc1-c1cc(=O)c2c(cn1)[C@H]1CN(C(=O)O)CC1CC2. The number of nitrogens with zero attached hydrogens (tertiary/aromatic N) is 3. The Morgan fingerprint density at radius 1 is 1.27 bits per heavy atom. The molecule has 0 spiro atoms. The van der Waals surface area contributed by atoms with E-state index in [4.69, 9.17) is 4.74 Å². The third-order valence-electron chi connectivity index (χ3n) is 5.73. The molecule has 1 fully saturated rings. The number of fused-ring (bicyclic) bond motifs is 3. The molecule has 1 N–H and O–H groups in total. The lowest BCUT2D eigenvalue weighted by Crippen LogP contribution is -2.27. The van der Waals surface area contributed by atoms with E-state index in [9.17, 15) is 19.5 Å². The summed E-state index contributed by atoms with van der Waals surface area (Å²) >= 11 is 0. The van der Waals surface area contributed by atoms with Crippen LogP contribution in [0.5, 0.6) is 0 Å². The predicted octanol–water partition coefficient (Wildman–Crippen LogP) is 3.33. The van der Waals surface area contributed by atoms with Gasteiger partial charge in [0.25, 0.3) is 0 Å². The van der Waals surface area contributed by atoms with E-state index in [1.54, 1.807) is 45.3 Å². The lowest BCUT2D eigenvalue weighted by molar-refractivity contribution is 0.0540. The summed E-state index contributed by atoms with van der Waals surface area (Å²) in [6.07, 6.45) is 3.18. The predicted molar refractivity (Wildman–Crippen MR) is 110 cm³/mol. The first kappa shape index (κ1) is 20.1. The third kappa shape index (κ3) is 3.69. The Morgan fingerprint density at radius 3 is 2.73 bits per heavy atom. The average molecular weight is 411 g/mol. The number of carbonyl (C=O) groups excluding carboxylic acids is 1. The van der Waals surface area contributed by atoms with Crippen LogP contribution < -0.4 is 5.43 Å². The number of likely N-dealkylation sites (tertiary alicyclic amines) is 1. The largest absolute Gasteiger partial charge is 0.465 e. The molecule has 8 heteroatoms. The minimum Gasteiger partial charge on any atom is -0.465 e. The standard InChI is InChI=1S/C22H25N3O5/c1-22(2,3)30-21(29)25-8-4-5-18(25)17-9-19(26)14-7-6-13-11-24(20(27)28)12-16(13)15(14)10-23-17/h4-5,8-10,13,16H,6-7,11-12H2,1-3H3,(H,27,28)/t13?,16-/m0/s1. The maximum absolute atomic E-state index is 13.0. The van der Waals surface area contributed by atoms with Crippen LogP contribution in [-0.2, 0) is 11.2 Å². The summed E-state index contributed by atoms with van der Waals surface area (Å²) in [4.78, 5) is 42.9. The van der Waals surface area contributed by atoms with E-state index in [1.165, 1.54) is 15.5 Å². The number of amides is 1. The quantitative estimate of drug-likeness (QED) is 0.772. The molecule has 2 atom stereocenters. The Kier molecular flexibility index (Phi) is 4.88. The van der Waals surface area contributed by atoms with E-state index in [0.29, 0.717) is 36.5 Å². The molecule has 30 heavy (non-hydrogen) atoms. The molecule has 8 nitrogen and oxygen atoms in total. The van der Waals surface area contributed by atoms with Gasteiger partial charge in [-0.25, -0.2) is 9.59 Å². The van der Waals surface area contributed by atoms with Crippen molar-refractivity contribution in [2.75, 3.05) is 13.1 Å². The maximum atomic E-state index is 13.0. The normalized spacial score (nSPS) is 20.4. The smallest absolute Gasteiger partial charge is 0.419 e. The zero-order valence-corrected chi connectivity index (χ0v) is 17.3. The number of aromatic nitrogens is 2. The van der Waals surface area contributed by atoms with Gasteiger partial charge in [-0.2, -0.15) is 0 Å². The molecule has 0 aromatic carbocycles. The summed E-state index contributed by atoms with van der Waals surface area (Å²) in [5.74, 6) is 0.175. The van der Waals surface area contributed by atoms with E-state index in [1.807, 2.05) is 0 Å². The zero-order valence-electron chi connectivity index (χ0n) is 17.3. The molecule has 1 saturated heterocycles. The van der Waals surface area contributed by atoms with E-state index < -0.39 is 17.8 Å². The van der Waals surface area contributed by atoms with Crippen LogP contribution in [0.4, 0.5) is 9.59 Å². The Hall–Kier alpha value is -3.16. The molecule has 1 aliphatic carbocycles. The summed E-state index contributed by atoms with van der Waals surface area (Å²) in [5, 5.41) is 9.35. The van der Waals surface area contributed by atoms with Crippen LogP contribution in [0.1, 0.15) is 44.2 Å². The highest BCUT2D eigenvalue weighted by atomic mass is 16.6. The highest BCUT2D eigenvalue weighted by Crippen LogP contribution is 2.40. The second kappa shape index (κ2) is 7.27. The average Bonchev–Trinajstić information content (AvgIpc) is 3.27. The molecule has 158 valence electrons. The van der Waals surface area contributed by atoms with E-state index in [2.05, 4.69) is 4.98 Å². The van der Waals surface area contributed by atoms with Crippen LogP contribution in [-0.4, -0.2) is 50.4 Å². The second-order valence-electron chi connectivity index (χ2n) is 8.92. The first-order valence-electron chi connectivity index (χ1n) is 10.1. The van der Waals surface area contributed by atoms with Gasteiger partial charge in [0.2, 0.25) is 0 Å². The van der Waals surface area contributed by atoms with Crippen LogP contribution in [0, 0.1) is 5.92 Å². The molecule has 2 aromatic heterocycles. The Bertz CT molecular complexity index is 1070. The Balaban J connectivity index is 1.73. The van der Waals surface area contributed by atoms with Crippen LogP contribution in [0.15, 0.2) is 35.4 Å². The molecule has 4 rings (SSSR count). The van der Waals surface area contributed by atoms with Crippen molar-refractivity contribution in [2.45, 2.75) is 45.1 Å². The molecular formula is C22H25N3O5. The monoisotopic (exact) mass is 411 g/mol. The highest BCUT2D eigenvalue weighted by Gasteiger charge is 2.40. The van der Waals surface area contributed by atoms with Crippen LogP contribution in [0.3, 0.4) is 0 Å². The van der Waals surface area contributed by atoms with Gasteiger partial charge >= 0.3 is 12.2 Å². The van der Waals surface area contributed by atoms with Crippen molar-refractivity contribution in [3.8, 4) is 11.4 Å². The first-order valence-corrected chi connectivity index (χ1v) is 10.1. The summed E-state index contributed by atoms with van der Waals surface area (Å²) in [7, 11) is 0. The lowest BCUT2D eigenvalue weighted by Gasteiger charge is -2.24. The molecule has 2 aromatic rings. The molecule has 3 heterocycles. The number of hydrogen-bond donors (Lipinski definition) is 1. The number of rotatable bonds is 1. The topological polar surface area (TPSA) is 102 Å². The van der Waals surface area contributed by atoms with Gasteiger partial charge in [-0.3, -0.25) is 14.3 Å². The second-order valence-corrected chi connectivity index (χ2v) is 8.92. The summed E-state index contributed by atoms with van der Waals surface area (Å²) in [6.45, 7) is 6.23. The number of carbonyl (C=O) groups is 2. The van der Waals surface area contributed by atoms with Gasteiger partial charge in [0.15, 0.2) is 5.43 Å². The van der Waals surface area contributed by atoms with Gasteiger partial charge in [0.05, 0.1) is 11.4 Å². The molecule has 0 radical (unpaired) electrons. The molecule has 1 aliphatic heterocycles. The highest BCUT2D eigenvalue weighted by molar-refractivity contribution is 5.77. The van der Waals surface area contributed by atoms with Crippen LogP contribution >= 0.6 is 0 Å². The summed E-state index contributed by atoms with van der Waals surface area (Å²) < 4.78 is 6.79. The number of hydrogen-bond acceptors (Lipinski definition) is 5. The fourth-order valence-corrected chi connectivity index (χ4v) is 4.40. The van der Waals surface area contributed by atoms with Gasteiger partial charge in [0, 0.05) is 43.0 Å². The Morgan fingerprint density at radius 2 is 2.03 bits per heavy atom. The fourth-order valence-electron chi connectivity index (χ4n) is 4.40. The first-order chi connectivity index (χ1) is 14.1. The Labute approximate surface area is 174 Å². The maximum Gasteiger partial charge on any atom is 0.419 e. The zero-order chi connectivity index (χ0) is 21.6. The van der Waals surface area contributed by atoms with Gasteiger partial charge in [-0.05, 0) is 57.2 Å². The van der Waals surface area contributed by atoms with Crippen molar-refractivity contribution in [1.82, 2.24) is 14.5 Å². The molecule has 1 amide bonds. The molecule has 2 aliphatic rings. The minimum atomic E-state index is -0.933. The lowest BCUT2D eigenvalue weighted by atomic mass is 9.78. The van der Waals surface area contributed by atoms with E-state index >= 15 is 0 Å². The number of carboxylic acid groups (broad SMARTS) is 1. The summed E-state index contributed by atoms with van der Waals surface area (Å²) in [6, 6.07) is 4.88. The van der Waals surface area contributed by atoms with Gasteiger partial charge < -0.3 is 14.7 Å². The van der Waals surface area contributed by atoms with Gasteiger partial charge in [-0.1, -0.05) is 0 Å². The molecule has 1 unspecified atom stereocenters. The third-order valence-corrected chi connectivity index (χ3v) is 5.73. The molecule has 0 bridgehead atoms. The van der Waals surface area contributed by atoms with Crippen molar-refractivity contribution in [3.05, 3.63) is 51.9 Å². The van der Waals surface area contributed by atoms with Gasteiger partial charge in [0.1, 0.15) is 5.60 Å². The van der Waals surface area contributed by atoms with E-state index in [0.717, 1.165) is 12.0 Å². The van der Waals surface area contributed by atoms with Crippen molar-refractivity contribution >= 4 is 12.2 Å². The molecular weight excluding hydrogens is 386 g/mol. The van der Waals surface area contributed by atoms with Crippen LogP contribution in [0.2, 0.25) is 0 Å². The van der Waals surface area contributed by atoms with Crippen molar-refractivity contribution < 1.29 is 19.4 Å². The fraction of sp³-hybridized carbons (Fsp3) is 0.455. The van der Waals surface area contributed by atoms with Crippen molar-refractivity contribution in [2.24, 2.45) is 5.92 Å². The van der Waals surface area contributed by atoms with Crippen molar-refractivity contribution in [3.63, 3.8) is 0 Å². The molecule has 0 saturated carbocycles. The minimum absolute atomic E-state index is 0.0251. The number of ether oxygens (including phenoxy) is 1. The van der Waals surface area contributed by atoms with Crippen LogP contribution in [0.25, 0.3) is 11.4 Å². The summed E-state index contributed by atoms with van der Waals surface area (Å²) in [5.41, 5.74) is 1.59. The van der Waals surface area contributed by atoms with Crippen molar-refractivity contribution in [1.29, 1.82) is 0 Å². The van der Waals surface area contributed by atoms with E-state index in [-0.39, 0.29) is 17.3 Å². The van der Waals surface area contributed by atoms with Gasteiger partial charge in [-0.15, -0.1) is 0 Å².